The summed E-state index contributed by atoms with van der Waals surface area (Å²) in [7, 11) is -7.37. The summed E-state index contributed by atoms with van der Waals surface area (Å²) in [6.07, 6.45) is -6.41. The largest absolute Gasteiger partial charge is 0.498 e. The molecule has 25 heavy (non-hydrogen) atoms. The average Bonchev–Trinajstić information content (AvgIpc) is 2.44. The molecule has 1 rings (SSSR count). The fourth-order valence-electron chi connectivity index (χ4n) is 1.56. The SMILES string of the molecule is O=C(C(c1c(F)c(F)c(F)c(F)c1F)S(=O)(=O)C(F)(F)F)C(F)(F)F. The Kier molecular flexibility index (Phi) is 5.15. The van der Waals surface area contributed by atoms with Crippen molar-refractivity contribution in [2.24, 2.45) is 0 Å². The second-order valence-electron chi connectivity index (χ2n) is 4.22. The number of sulfone groups is 1. The lowest BCUT2D eigenvalue weighted by atomic mass is 10.1. The number of Topliss-reactive ketones (excluding diaryl/α,β-unsaturated/α-hetero) is 1. The monoisotopic (exact) mass is 410 g/mol. The quantitative estimate of drug-likeness (QED) is 0.436. The van der Waals surface area contributed by atoms with Gasteiger partial charge in [-0.25, -0.2) is 30.4 Å². The first-order chi connectivity index (χ1) is 11.0. The van der Waals surface area contributed by atoms with Crippen LogP contribution < -0.4 is 0 Å². The Morgan fingerprint density at radius 2 is 1.04 bits per heavy atom. The number of carbonyl (C=O) groups excluding carboxylic acids is 1. The molecular formula is C10HF11O3S. The van der Waals surface area contributed by atoms with E-state index in [4.69, 9.17) is 0 Å². The maximum Gasteiger partial charge on any atom is 0.498 e. The van der Waals surface area contributed by atoms with Crippen molar-refractivity contribution in [3.8, 4) is 0 Å². The van der Waals surface area contributed by atoms with Gasteiger partial charge in [-0.15, -0.1) is 0 Å². The van der Waals surface area contributed by atoms with E-state index in [2.05, 4.69) is 0 Å². The number of ketones is 1. The average molecular weight is 410 g/mol. The Hall–Kier alpha value is -1.93. The van der Waals surface area contributed by atoms with Crippen molar-refractivity contribution in [2.75, 3.05) is 0 Å². The summed E-state index contributed by atoms with van der Waals surface area (Å²) >= 11 is 0. The summed E-state index contributed by atoms with van der Waals surface area (Å²) in [6.45, 7) is 0. The number of halogens is 11. The topological polar surface area (TPSA) is 51.2 Å². The van der Waals surface area contributed by atoms with Crippen LogP contribution in [0.4, 0.5) is 48.3 Å². The van der Waals surface area contributed by atoms with E-state index in [0.717, 1.165) is 0 Å². The van der Waals surface area contributed by atoms with Gasteiger partial charge in [0.1, 0.15) is 0 Å². The maximum absolute atomic E-state index is 13.4. The van der Waals surface area contributed by atoms with E-state index in [9.17, 15) is 61.5 Å². The molecule has 0 saturated carbocycles. The molecular weight excluding hydrogens is 409 g/mol. The molecule has 0 radical (unpaired) electrons. The predicted molar refractivity (Wildman–Crippen MR) is 55.0 cm³/mol. The fraction of sp³-hybridized carbons (Fsp3) is 0.300. The second kappa shape index (κ2) is 6.10. The van der Waals surface area contributed by atoms with Crippen LogP contribution in [-0.4, -0.2) is 25.9 Å². The van der Waals surface area contributed by atoms with E-state index in [1.54, 1.807) is 0 Å². The molecule has 0 fully saturated rings. The van der Waals surface area contributed by atoms with Crippen molar-refractivity contribution in [3.63, 3.8) is 0 Å². The minimum Gasteiger partial charge on any atom is -0.288 e. The van der Waals surface area contributed by atoms with Gasteiger partial charge in [0.25, 0.3) is 15.6 Å². The van der Waals surface area contributed by atoms with Gasteiger partial charge in [-0.2, -0.15) is 26.3 Å². The van der Waals surface area contributed by atoms with Crippen molar-refractivity contribution in [3.05, 3.63) is 34.6 Å². The van der Waals surface area contributed by atoms with E-state index in [1.807, 2.05) is 0 Å². The highest BCUT2D eigenvalue weighted by atomic mass is 32.2. The lowest BCUT2D eigenvalue weighted by Crippen LogP contribution is -2.40. The lowest BCUT2D eigenvalue weighted by molar-refractivity contribution is -0.171. The third kappa shape index (κ3) is 3.41. The number of hydrogen-bond donors (Lipinski definition) is 0. The lowest BCUT2D eigenvalue weighted by Gasteiger charge is -2.21. The summed E-state index contributed by atoms with van der Waals surface area (Å²) in [6, 6.07) is 0. The van der Waals surface area contributed by atoms with Crippen molar-refractivity contribution in [2.45, 2.75) is 16.9 Å². The van der Waals surface area contributed by atoms with Gasteiger partial charge in [0.15, 0.2) is 28.5 Å². The van der Waals surface area contributed by atoms with Crippen molar-refractivity contribution in [1.82, 2.24) is 0 Å². The first-order valence-corrected chi connectivity index (χ1v) is 6.93. The van der Waals surface area contributed by atoms with Crippen LogP contribution in [0.3, 0.4) is 0 Å². The molecule has 0 N–H and O–H groups in total. The third-order valence-corrected chi connectivity index (χ3v) is 4.37. The number of carbonyl (C=O) groups is 1. The number of rotatable bonds is 3. The zero-order valence-electron chi connectivity index (χ0n) is 10.9. The van der Waals surface area contributed by atoms with Gasteiger partial charge in [-0.1, -0.05) is 0 Å². The Labute approximate surface area is 129 Å². The van der Waals surface area contributed by atoms with E-state index in [1.165, 1.54) is 0 Å². The minimum atomic E-state index is -7.37. The van der Waals surface area contributed by atoms with Gasteiger partial charge in [0.2, 0.25) is 5.82 Å². The zero-order valence-corrected chi connectivity index (χ0v) is 11.7. The van der Waals surface area contributed by atoms with Crippen LogP contribution in [0.25, 0.3) is 0 Å². The molecule has 0 amide bonds. The summed E-state index contributed by atoms with van der Waals surface area (Å²) in [5.41, 5.74) is -9.77. The smallest absolute Gasteiger partial charge is 0.288 e. The summed E-state index contributed by atoms with van der Waals surface area (Å²) < 4.78 is 162. The summed E-state index contributed by atoms with van der Waals surface area (Å²) in [5.74, 6) is -19.6. The van der Waals surface area contributed by atoms with Gasteiger partial charge in [0, 0.05) is 0 Å². The highest BCUT2D eigenvalue weighted by Gasteiger charge is 2.61. The summed E-state index contributed by atoms with van der Waals surface area (Å²) in [5, 5.41) is -4.78. The van der Waals surface area contributed by atoms with Crippen LogP contribution in [0.5, 0.6) is 0 Å². The highest BCUT2D eigenvalue weighted by Crippen LogP contribution is 2.42. The summed E-state index contributed by atoms with van der Waals surface area (Å²) in [4.78, 5) is 11.0. The van der Waals surface area contributed by atoms with Gasteiger partial charge >= 0.3 is 11.7 Å². The maximum atomic E-state index is 13.4. The molecule has 0 spiro atoms. The first-order valence-electron chi connectivity index (χ1n) is 5.38. The van der Waals surface area contributed by atoms with Crippen LogP contribution in [0.15, 0.2) is 0 Å². The van der Waals surface area contributed by atoms with E-state index < -0.39 is 67.2 Å². The van der Waals surface area contributed by atoms with Crippen LogP contribution >= 0.6 is 0 Å². The molecule has 0 aliphatic rings. The molecule has 1 aromatic carbocycles. The normalized spacial score (nSPS) is 14.5. The highest BCUT2D eigenvalue weighted by molar-refractivity contribution is 7.93. The van der Waals surface area contributed by atoms with Crippen LogP contribution in [0.1, 0.15) is 10.8 Å². The van der Waals surface area contributed by atoms with Gasteiger partial charge in [-0.05, 0) is 0 Å². The Morgan fingerprint density at radius 3 is 1.32 bits per heavy atom. The number of benzene rings is 1. The predicted octanol–water partition coefficient (Wildman–Crippen LogP) is 3.49. The zero-order chi connectivity index (χ0) is 20.1. The van der Waals surface area contributed by atoms with Crippen LogP contribution in [-0.2, 0) is 14.6 Å². The molecule has 0 bridgehead atoms. The molecule has 0 aliphatic heterocycles. The molecule has 15 heteroatoms. The Morgan fingerprint density at radius 1 is 0.720 bits per heavy atom. The van der Waals surface area contributed by atoms with Crippen LogP contribution in [0, 0.1) is 29.1 Å². The standard InChI is InChI=1S/C10HF11O3S/c11-2-1(3(12)5(14)6(15)4(2)13)7(8(22)9(16,17)18)25(23,24)10(19,20)21/h7H. The van der Waals surface area contributed by atoms with E-state index in [-0.39, 0.29) is 0 Å². The molecule has 1 atom stereocenters. The van der Waals surface area contributed by atoms with Crippen molar-refractivity contribution in [1.29, 1.82) is 0 Å². The van der Waals surface area contributed by atoms with E-state index >= 15 is 0 Å². The molecule has 142 valence electrons. The van der Waals surface area contributed by atoms with Crippen LogP contribution in [0.2, 0.25) is 0 Å². The van der Waals surface area contributed by atoms with E-state index in [0.29, 0.717) is 0 Å². The molecule has 0 aliphatic carbocycles. The van der Waals surface area contributed by atoms with Gasteiger partial charge < -0.3 is 0 Å². The Bertz CT molecular complexity index is 793. The molecule has 0 aromatic heterocycles. The molecule has 3 nitrogen and oxygen atoms in total. The third-order valence-electron chi connectivity index (χ3n) is 2.66. The number of alkyl halides is 6. The van der Waals surface area contributed by atoms with Crippen molar-refractivity contribution < 1.29 is 61.5 Å². The fourth-order valence-corrected chi connectivity index (χ4v) is 2.76. The minimum absolute atomic E-state index is 2.98. The Balaban J connectivity index is 4.01. The number of hydrogen-bond acceptors (Lipinski definition) is 3. The molecule has 0 heterocycles. The van der Waals surface area contributed by atoms with Crippen molar-refractivity contribution >= 4 is 15.6 Å². The first kappa shape index (κ1) is 21.1. The molecule has 0 saturated heterocycles. The molecule has 1 aromatic rings. The van der Waals surface area contributed by atoms with Gasteiger partial charge in [-0.3, -0.25) is 4.79 Å². The van der Waals surface area contributed by atoms with Gasteiger partial charge in [0.05, 0.1) is 5.56 Å². The second-order valence-corrected chi connectivity index (χ2v) is 6.24. The molecule has 1 unspecified atom stereocenters.